The van der Waals surface area contributed by atoms with Gasteiger partial charge in [0.25, 0.3) is 0 Å². The van der Waals surface area contributed by atoms with Crippen LogP contribution in [0.25, 0.3) is 0 Å². The maximum absolute atomic E-state index is 13.3. The van der Waals surface area contributed by atoms with Gasteiger partial charge in [-0.05, 0) is 30.2 Å². The number of benzene rings is 2. The van der Waals surface area contributed by atoms with Crippen molar-refractivity contribution in [3.63, 3.8) is 0 Å². The number of piperazine rings is 1. The number of carbonyl (C=O) groups excluding carboxylic acids is 2. The van der Waals surface area contributed by atoms with Crippen LogP contribution >= 0.6 is 0 Å². The summed E-state index contributed by atoms with van der Waals surface area (Å²) < 4.78 is 25.5. The van der Waals surface area contributed by atoms with Gasteiger partial charge in [0.2, 0.25) is 21.8 Å². The number of amides is 2. The fourth-order valence-corrected chi connectivity index (χ4v) is 4.57. The predicted octanol–water partition coefficient (Wildman–Crippen LogP) is 1.43. The average Bonchev–Trinajstić information content (AvgIpc) is 2.74. The van der Waals surface area contributed by atoms with E-state index in [1.807, 2.05) is 73.6 Å². The Bertz CT molecular complexity index is 1070. The van der Waals surface area contributed by atoms with Crippen molar-refractivity contribution in [3.8, 4) is 0 Å². The summed E-state index contributed by atoms with van der Waals surface area (Å²) in [7, 11) is 0.242. The first kappa shape index (κ1) is 23.7. The fourth-order valence-electron chi connectivity index (χ4n) is 3.74. The Labute approximate surface area is 189 Å². The summed E-state index contributed by atoms with van der Waals surface area (Å²) in [6.45, 7) is 1.73. The quantitative estimate of drug-likeness (QED) is 0.678. The molecule has 0 spiro atoms. The molecule has 0 aliphatic carbocycles. The number of sulfonamides is 1. The van der Waals surface area contributed by atoms with Gasteiger partial charge in [-0.2, -0.15) is 4.31 Å². The Morgan fingerprint density at radius 1 is 1.06 bits per heavy atom. The smallest absolute Gasteiger partial charge is 0.247 e. The van der Waals surface area contributed by atoms with Crippen molar-refractivity contribution in [3.05, 3.63) is 65.7 Å². The number of rotatable bonds is 7. The van der Waals surface area contributed by atoms with Crippen molar-refractivity contribution in [1.82, 2.24) is 14.5 Å². The molecule has 0 aromatic heterocycles. The van der Waals surface area contributed by atoms with Crippen LogP contribution in [0.5, 0.6) is 0 Å². The van der Waals surface area contributed by atoms with Gasteiger partial charge >= 0.3 is 0 Å². The lowest BCUT2D eigenvalue weighted by Gasteiger charge is -2.46. The molecule has 172 valence electrons. The van der Waals surface area contributed by atoms with Gasteiger partial charge < -0.3 is 15.1 Å². The highest BCUT2D eigenvalue weighted by Crippen LogP contribution is 2.27. The van der Waals surface area contributed by atoms with Gasteiger partial charge in [-0.3, -0.25) is 9.59 Å². The zero-order chi connectivity index (χ0) is 23.5. The molecule has 0 radical (unpaired) electrons. The minimum absolute atomic E-state index is 0.103. The van der Waals surface area contributed by atoms with Crippen LogP contribution in [-0.4, -0.2) is 68.4 Å². The molecule has 1 saturated heterocycles. The van der Waals surface area contributed by atoms with E-state index in [4.69, 9.17) is 0 Å². The van der Waals surface area contributed by atoms with E-state index in [0.29, 0.717) is 0 Å². The van der Waals surface area contributed by atoms with Gasteiger partial charge in [0.1, 0.15) is 5.54 Å². The second-order valence-corrected chi connectivity index (χ2v) is 10.5. The molecule has 1 aliphatic heterocycles. The minimum atomic E-state index is -3.64. The van der Waals surface area contributed by atoms with Crippen LogP contribution in [-0.2, 0) is 32.7 Å². The van der Waals surface area contributed by atoms with Crippen LogP contribution in [0.15, 0.2) is 54.6 Å². The Balaban J connectivity index is 1.87. The number of hydrogen-bond acceptors (Lipinski definition) is 5. The normalized spacial score (nSPS) is 19.6. The molecule has 0 saturated carbocycles. The Hall–Kier alpha value is -2.91. The lowest BCUT2D eigenvalue weighted by Crippen LogP contribution is -2.69. The minimum Gasteiger partial charge on any atom is -0.378 e. The van der Waals surface area contributed by atoms with Crippen molar-refractivity contribution in [2.24, 2.45) is 0 Å². The van der Waals surface area contributed by atoms with E-state index < -0.39 is 27.4 Å². The van der Waals surface area contributed by atoms with Crippen LogP contribution in [0, 0.1) is 0 Å². The van der Waals surface area contributed by atoms with E-state index in [1.165, 1.54) is 4.90 Å². The number of nitrogens with zero attached hydrogens (tertiary/aromatic N) is 3. The monoisotopic (exact) mass is 458 g/mol. The molecule has 1 aliphatic rings. The number of anilines is 1. The maximum atomic E-state index is 13.3. The Kier molecular flexibility index (Phi) is 6.90. The third-order valence-electron chi connectivity index (χ3n) is 5.74. The van der Waals surface area contributed by atoms with E-state index in [1.54, 1.807) is 6.92 Å². The molecule has 2 aromatic carbocycles. The van der Waals surface area contributed by atoms with Crippen molar-refractivity contribution in [2.45, 2.75) is 25.6 Å². The molecular weight excluding hydrogens is 428 g/mol. The number of carbonyl (C=O) groups is 2. The van der Waals surface area contributed by atoms with Gasteiger partial charge in [-0.1, -0.05) is 42.5 Å². The first-order valence-electron chi connectivity index (χ1n) is 10.3. The molecule has 0 unspecified atom stereocenters. The van der Waals surface area contributed by atoms with Gasteiger partial charge in [0.15, 0.2) is 0 Å². The van der Waals surface area contributed by atoms with Gasteiger partial charge in [-0.25, -0.2) is 8.42 Å². The fraction of sp³-hybridized carbons (Fsp3) is 0.391. The van der Waals surface area contributed by atoms with Crippen molar-refractivity contribution >= 4 is 27.5 Å². The van der Waals surface area contributed by atoms with E-state index >= 15 is 0 Å². The van der Waals surface area contributed by atoms with E-state index in [9.17, 15) is 18.0 Å². The lowest BCUT2D eigenvalue weighted by molar-refractivity contribution is -0.153. The van der Waals surface area contributed by atoms with Gasteiger partial charge in [0, 0.05) is 39.4 Å². The van der Waals surface area contributed by atoms with Crippen LogP contribution in [0.2, 0.25) is 0 Å². The molecule has 32 heavy (non-hydrogen) atoms. The Morgan fingerprint density at radius 3 is 2.25 bits per heavy atom. The van der Waals surface area contributed by atoms with Crippen molar-refractivity contribution in [2.75, 3.05) is 38.3 Å². The van der Waals surface area contributed by atoms with E-state index in [-0.39, 0.29) is 26.2 Å². The molecule has 9 heteroatoms. The molecule has 1 fully saturated rings. The topological polar surface area (TPSA) is 90.0 Å². The number of hydrogen-bond donors (Lipinski definition) is 1. The lowest BCUT2D eigenvalue weighted by atomic mass is 9.94. The van der Waals surface area contributed by atoms with Crippen LogP contribution in [0.3, 0.4) is 0 Å². The summed E-state index contributed by atoms with van der Waals surface area (Å²) in [5, 5.41) is 2.88. The third-order valence-corrected chi connectivity index (χ3v) is 6.94. The average molecular weight is 459 g/mol. The summed E-state index contributed by atoms with van der Waals surface area (Å²) >= 11 is 0. The summed E-state index contributed by atoms with van der Waals surface area (Å²) in [5.41, 5.74) is 1.44. The zero-order valence-corrected chi connectivity index (χ0v) is 19.7. The molecule has 2 aromatic rings. The number of nitrogens with one attached hydrogen (secondary N) is 1. The maximum Gasteiger partial charge on any atom is 0.247 e. The standard InChI is InChI=1S/C23H30N4O4S/c1-23(22(29)24-14-18-8-6-5-7-9-18)17-26(32(4,30)31)16-21(28)27(23)15-19-10-12-20(13-11-19)25(2)3/h5-13H,14-17H2,1-4H3,(H,24,29)/t23-/m1/s1. The van der Waals surface area contributed by atoms with Crippen LogP contribution in [0.1, 0.15) is 18.1 Å². The van der Waals surface area contributed by atoms with Crippen molar-refractivity contribution < 1.29 is 18.0 Å². The first-order chi connectivity index (χ1) is 15.0. The highest BCUT2D eigenvalue weighted by molar-refractivity contribution is 7.88. The summed E-state index contributed by atoms with van der Waals surface area (Å²) in [6.07, 6.45) is 1.05. The van der Waals surface area contributed by atoms with Crippen LogP contribution in [0.4, 0.5) is 5.69 Å². The highest BCUT2D eigenvalue weighted by atomic mass is 32.2. The second-order valence-electron chi connectivity index (χ2n) is 8.51. The SMILES string of the molecule is CN(C)c1ccc(CN2C(=O)CN(S(C)(=O)=O)C[C@]2(C)C(=O)NCc2ccccc2)cc1. The molecule has 0 bridgehead atoms. The van der Waals surface area contributed by atoms with Gasteiger partial charge in [0.05, 0.1) is 12.8 Å². The summed E-state index contributed by atoms with van der Waals surface area (Å²) in [5.74, 6) is -0.802. The summed E-state index contributed by atoms with van der Waals surface area (Å²) in [4.78, 5) is 29.8. The molecular formula is C23H30N4O4S. The molecule has 1 heterocycles. The zero-order valence-electron chi connectivity index (χ0n) is 18.9. The Morgan fingerprint density at radius 2 is 1.69 bits per heavy atom. The molecule has 8 nitrogen and oxygen atoms in total. The summed E-state index contributed by atoms with van der Waals surface area (Å²) in [6, 6.07) is 17.1. The second kappa shape index (κ2) is 9.30. The molecule has 3 rings (SSSR count). The van der Waals surface area contributed by atoms with E-state index in [0.717, 1.165) is 27.4 Å². The highest BCUT2D eigenvalue weighted by Gasteiger charge is 2.49. The molecule has 1 N–H and O–H groups in total. The van der Waals surface area contributed by atoms with E-state index in [2.05, 4.69) is 5.32 Å². The largest absolute Gasteiger partial charge is 0.378 e. The molecule has 1 atom stereocenters. The first-order valence-corrected chi connectivity index (χ1v) is 12.2. The van der Waals surface area contributed by atoms with Crippen molar-refractivity contribution in [1.29, 1.82) is 0 Å². The third kappa shape index (κ3) is 5.28. The predicted molar refractivity (Wildman–Crippen MR) is 124 cm³/mol. The molecule has 2 amide bonds. The van der Waals surface area contributed by atoms with Crippen LogP contribution < -0.4 is 10.2 Å². The van der Waals surface area contributed by atoms with Gasteiger partial charge in [-0.15, -0.1) is 0 Å².